The van der Waals surface area contributed by atoms with Crippen molar-refractivity contribution in [2.75, 3.05) is 31.0 Å². The van der Waals surface area contributed by atoms with Crippen molar-refractivity contribution in [3.8, 4) is 5.75 Å². The van der Waals surface area contributed by atoms with Crippen LogP contribution >= 0.6 is 11.6 Å². The largest absolute Gasteiger partial charge is 0.507 e. The highest BCUT2D eigenvalue weighted by atomic mass is 35.5. The molecular formula is C30H25ClN2O4. The summed E-state index contributed by atoms with van der Waals surface area (Å²) in [6.45, 7) is 0. The molecule has 37 heavy (non-hydrogen) atoms. The highest BCUT2D eigenvalue weighted by Crippen LogP contribution is 2.44. The first kappa shape index (κ1) is 24.4. The molecule has 1 atom stereocenters. The average molecular weight is 513 g/mol. The molecule has 6 nitrogen and oxygen atoms in total. The second-order valence-corrected chi connectivity index (χ2v) is 9.44. The van der Waals surface area contributed by atoms with Crippen molar-refractivity contribution in [3.05, 3.63) is 107 Å². The predicted molar refractivity (Wildman–Crippen MR) is 148 cm³/mol. The van der Waals surface area contributed by atoms with Crippen molar-refractivity contribution < 1.29 is 19.4 Å². The topological polar surface area (TPSA) is 70.1 Å². The Kier molecular flexibility index (Phi) is 6.36. The molecule has 1 heterocycles. The number of hydrogen-bond acceptors (Lipinski definition) is 5. The molecule has 0 spiro atoms. The lowest BCUT2D eigenvalue weighted by atomic mass is 9.94. The number of ketones is 1. The van der Waals surface area contributed by atoms with Crippen molar-refractivity contribution in [1.29, 1.82) is 0 Å². The van der Waals surface area contributed by atoms with Crippen LogP contribution in [0.5, 0.6) is 5.75 Å². The number of anilines is 2. The van der Waals surface area contributed by atoms with E-state index < -0.39 is 17.7 Å². The van der Waals surface area contributed by atoms with E-state index in [-0.39, 0.29) is 11.3 Å². The summed E-state index contributed by atoms with van der Waals surface area (Å²) in [5.41, 5.74) is 2.54. The van der Waals surface area contributed by atoms with Crippen LogP contribution in [-0.4, -0.2) is 38.0 Å². The third-order valence-corrected chi connectivity index (χ3v) is 6.90. The Bertz CT molecular complexity index is 1560. The number of ether oxygens (including phenoxy) is 1. The minimum Gasteiger partial charge on any atom is -0.507 e. The molecule has 1 N–H and O–H groups in total. The van der Waals surface area contributed by atoms with Crippen LogP contribution in [0.25, 0.3) is 16.5 Å². The maximum absolute atomic E-state index is 13.5. The maximum atomic E-state index is 13.5. The molecule has 186 valence electrons. The molecule has 1 fully saturated rings. The summed E-state index contributed by atoms with van der Waals surface area (Å²) in [4.78, 5) is 30.2. The lowest BCUT2D eigenvalue weighted by Gasteiger charge is -2.26. The molecular weight excluding hydrogens is 488 g/mol. The molecule has 0 aliphatic carbocycles. The fourth-order valence-corrected chi connectivity index (χ4v) is 4.92. The number of Topliss-reactive ketones (excluding diaryl/α,β-unsaturated/α-hetero) is 1. The molecule has 5 rings (SSSR count). The van der Waals surface area contributed by atoms with Gasteiger partial charge in [-0.1, -0.05) is 60.1 Å². The molecule has 4 aromatic carbocycles. The van der Waals surface area contributed by atoms with E-state index in [0.717, 1.165) is 16.5 Å². The summed E-state index contributed by atoms with van der Waals surface area (Å²) >= 11 is 6.38. The standard InChI is InChI=1S/C30H25ClN2O4/c1-32(2)22-12-10-19(11-13-22)27-26(28(34)21-9-8-18-6-4-5-7-20(18)16-21)29(35)30(36)33(27)23-14-15-25(37-3)24(31)17-23/h4-17,27,34H,1-3H3/b28-26-. The predicted octanol–water partition coefficient (Wildman–Crippen LogP) is 6.19. The summed E-state index contributed by atoms with van der Waals surface area (Å²) in [7, 11) is 5.36. The number of halogens is 1. The quantitative estimate of drug-likeness (QED) is 0.196. The molecule has 1 unspecified atom stereocenters. The minimum atomic E-state index is -0.854. The van der Waals surface area contributed by atoms with Crippen molar-refractivity contribution >= 4 is 51.2 Å². The monoisotopic (exact) mass is 512 g/mol. The van der Waals surface area contributed by atoms with Gasteiger partial charge in [0, 0.05) is 31.0 Å². The molecule has 1 aliphatic rings. The number of carbonyl (C=O) groups excluding carboxylic acids is 2. The van der Waals surface area contributed by atoms with Crippen LogP contribution in [0.3, 0.4) is 0 Å². The Labute approximate surface area is 220 Å². The zero-order valence-electron chi connectivity index (χ0n) is 20.6. The highest BCUT2D eigenvalue weighted by molar-refractivity contribution is 6.52. The summed E-state index contributed by atoms with van der Waals surface area (Å²) in [6.07, 6.45) is 0. The van der Waals surface area contributed by atoms with Crippen molar-refractivity contribution in [2.24, 2.45) is 0 Å². The Morgan fingerprint density at radius 2 is 1.62 bits per heavy atom. The number of rotatable bonds is 5. The molecule has 0 radical (unpaired) electrons. The molecule has 4 aromatic rings. The van der Waals surface area contributed by atoms with Gasteiger partial charge >= 0.3 is 0 Å². The van der Waals surface area contributed by atoms with Gasteiger partial charge in [0.15, 0.2) is 0 Å². The molecule has 1 amide bonds. The van der Waals surface area contributed by atoms with Crippen LogP contribution in [0.2, 0.25) is 5.02 Å². The number of amides is 1. The zero-order chi connectivity index (χ0) is 26.3. The number of nitrogens with zero attached hydrogens (tertiary/aromatic N) is 2. The smallest absolute Gasteiger partial charge is 0.300 e. The first-order chi connectivity index (χ1) is 17.8. The van der Waals surface area contributed by atoms with Gasteiger partial charge in [0.2, 0.25) is 0 Å². The first-order valence-corrected chi connectivity index (χ1v) is 12.1. The first-order valence-electron chi connectivity index (χ1n) is 11.7. The fourth-order valence-electron chi connectivity index (χ4n) is 4.67. The second kappa shape index (κ2) is 9.64. The van der Waals surface area contributed by atoms with Crippen LogP contribution in [-0.2, 0) is 9.59 Å². The van der Waals surface area contributed by atoms with Crippen LogP contribution in [0.4, 0.5) is 11.4 Å². The van der Waals surface area contributed by atoms with Gasteiger partial charge < -0.3 is 14.7 Å². The van der Waals surface area contributed by atoms with Crippen molar-refractivity contribution in [1.82, 2.24) is 0 Å². The Hall–Kier alpha value is -4.29. The zero-order valence-corrected chi connectivity index (χ0v) is 21.4. The highest BCUT2D eigenvalue weighted by Gasteiger charge is 2.47. The van der Waals surface area contributed by atoms with Crippen molar-refractivity contribution in [3.63, 3.8) is 0 Å². The van der Waals surface area contributed by atoms with E-state index in [0.29, 0.717) is 27.6 Å². The van der Waals surface area contributed by atoms with Crippen LogP contribution in [0, 0.1) is 0 Å². The van der Waals surface area contributed by atoms with Gasteiger partial charge in [0.25, 0.3) is 11.7 Å². The van der Waals surface area contributed by atoms with Gasteiger partial charge in [-0.25, -0.2) is 0 Å². The van der Waals surface area contributed by atoms with Gasteiger partial charge in [-0.2, -0.15) is 0 Å². The number of carbonyl (C=O) groups is 2. The lowest BCUT2D eigenvalue weighted by Crippen LogP contribution is -2.29. The van der Waals surface area contributed by atoms with Crippen LogP contribution in [0.1, 0.15) is 17.2 Å². The molecule has 1 saturated heterocycles. The lowest BCUT2D eigenvalue weighted by molar-refractivity contribution is -0.132. The summed E-state index contributed by atoms with van der Waals surface area (Å²) in [5, 5.41) is 13.7. The SMILES string of the molecule is COc1ccc(N2C(=O)C(=O)/C(=C(\O)c3ccc4ccccc4c3)C2c2ccc(N(C)C)cc2)cc1Cl. The van der Waals surface area contributed by atoms with E-state index in [1.54, 1.807) is 24.3 Å². The molecule has 1 aliphatic heterocycles. The van der Waals surface area contributed by atoms with Gasteiger partial charge in [-0.15, -0.1) is 0 Å². The van der Waals surface area contributed by atoms with Gasteiger partial charge in [-0.3, -0.25) is 14.5 Å². The third-order valence-electron chi connectivity index (χ3n) is 6.61. The Morgan fingerprint density at radius 3 is 2.27 bits per heavy atom. The minimum absolute atomic E-state index is 0.0184. The number of hydrogen-bond donors (Lipinski definition) is 1. The summed E-state index contributed by atoms with van der Waals surface area (Å²) in [6, 6.07) is 24.8. The van der Waals surface area contributed by atoms with E-state index in [2.05, 4.69) is 0 Å². The van der Waals surface area contributed by atoms with E-state index in [1.807, 2.05) is 79.7 Å². The van der Waals surface area contributed by atoms with Gasteiger partial charge in [0.1, 0.15) is 11.5 Å². The second-order valence-electron chi connectivity index (χ2n) is 9.04. The third kappa shape index (κ3) is 4.30. The van der Waals surface area contributed by atoms with E-state index in [9.17, 15) is 14.7 Å². The van der Waals surface area contributed by atoms with Crippen LogP contribution in [0.15, 0.2) is 90.5 Å². The van der Waals surface area contributed by atoms with Gasteiger partial charge in [-0.05, 0) is 52.7 Å². The maximum Gasteiger partial charge on any atom is 0.300 e. The number of fused-ring (bicyclic) bond motifs is 1. The number of benzene rings is 4. The van der Waals surface area contributed by atoms with Gasteiger partial charge in [0.05, 0.1) is 23.7 Å². The van der Waals surface area contributed by atoms with Crippen LogP contribution < -0.4 is 14.5 Å². The van der Waals surface area contributed by atoms with E-state index in [1.165, 1.54) is 12.0 Å². The molecule has 0 saturated carbocycles. The number of aliphatic hydroxyl groups is 1. The average Bonchev–Trinajstić information content (AvgIpc) is 3.18. The Morgan fingerprint density at radius 1 is 0.919 bits per heavy atom. The molecule has 7 heteroatoms. The fraction of sp³-hybridized carbons (Fsp3) is 0.133. The number of aliphatic hydroxyl groups excluding tert-OH is 1. The van der Waals surface area contributed by atoms with E-state index in [4.69, 9.17) is 16.3 Å². The molecule has 0 aromatic heterocycles. The number of methoxy groups -OCH3 is 1. The Balaban J connectivity index is 1.71. The van der Waals surface area contributed by atoms with Crippen molar-refractivity contribution in [2.45, 2.75) is 6.04 Å². The molecule has 0 bridgehead atoms. The summed E-state index contributed by atoms with van der Waals surface area (Å²) in [5.74, 6) is -1.29. The van der Waals surface area contributed by atoms with E-state index >= 15 is 0 Å². The normalized spacial score (nSPS) is 16.9. The summed E-state index contributed by atoms with van der Waals surface area (Å²) < 4.78 is 5.25.